The second-order valence-corrected chi connectivity index (χ2v) is 19.4. The molecule has 74 heavy (non-hydrogen) atoms. The highest BCUT2D eigenvalue weighted by Gasteiger charge is 2.36. The molecule has 16 N–H and O–H groups in total. The quantitative estimate of drug-likeness (QED) is 0.0341. The number of unbranched alkanes of at least 4 members (excludes halogenated alkanes) is 5. The third-order valence-corrected chi connectivity index (χ3v) is 11.5. The van der Waals surface area contributed by atoms with E-state index in [0.29, 0.717) is 13.1 Å². The fraction of sp³-hybridized carbons (Fsp3) is 0.653. The summed E-state index contributed by atoms with van der Waals surface area (Å²) in [6.07, 6.45) is 4.32. The lowest BCUT2D eigenvalue weighted by atomic mass is 9.99. The van der Waals surface area contributed by atoms with Gasteiger partial charge in [0.2, 0.25) is 53.2 Å². The first-order valence-corrected chi connectivity index (χ1v) is 25.0. The van der Waals surface area contributed by atoms with Gasteiger partial charge in [-0.05, 0) is 88.1 Å². The highest BCUT2D eigenvalue weighted by molar-refractivity contribution is 5.99. The zero-order valence-corrected chi connectivity index (χ0v) is 43.8. The lowest BCUT2D eigenvalue weighted by Crippen LogP contribution is -2.61. The van der Waals surface area contributed by atoms with Crippen LogP contribution >= 0.6 is 0 Å². The summed E-state index contributed by atoms with van der Waals surface area (Å²) in [5.41, 5.74) is 11.7. The van der Waals surface area contributed by atoms with Crippen LogP contribution in [0.1, 0.15) is 119 Å². The molecule has 0 radical (unpaired) electrons. The SMILES string of the molecule is CC(C)C[C@H](NC(=O)[C@H](CC(=O)O)NC(=O)[C@H](CC(N)=O)NC(=O)[C@@H](NC(=O)[C@@H](NC(=O)[C@H](C)NC(=O)CNC(=O)[C@H](C)NC(=O)[C@H](Cc1ccc(O)cc1)NCCCCCCCCN)C(C)C)C(C)C)C(=O)O. The first-order valence-electron chi connectivity index (χ1n) is 25.0. The number of carbonyl (C=O) groups is 11. The Hall–Kier alpha value is -6.89. The summed E-state index contributed by atoms with van der Waals surface area (Å²) in [6, 6.07) is -4.43. The number of nitrogens with two attached hydrogens (primary N) is 2. The third kappa shape index (κ3) is 25.7. The smallest absolute Gasteiger partial charge is 0.326 e. The van der Waals surface area contributed by atoms with Gasteiger partial charge in [0.25, 0.3) is 0 Å². The number of carbonyl (C=O) groups excluding carboxylic acids is 9. The number of benzene rings is 1. The maximum absolute atomic E-state index is 13.7. The maximum atomic E-state index is 13.7. The number of hydrogen-bond acceptors (Lipinski definition) is 14. The first-order chi connectivity index (χ1) is 34.7. The molecule has 1 rings (SSSR count). The number of carboxylic acid groups (broad SMARTS) is 2. The number of amides is 9. The molecule has 0 fully saturated rings. The minimum atomic E-state index is -1.85. The molecule has 0 saturated heterocycles. The van der Waals surface area contributed by atoms with Gasteiger partial charge in [-0.25, -0.2) is 4.79 Å². The number of rotatable bonds is 36. The van der Waals surface area contributed by atoms with Crippen molar-refractivity contribution in [3.8, 4) is 5.75 Å². The van der Waals surface area contributed by atoms with Gasteiger partial charge in [-0.3, -0.25) is 47.9 Å². The molecule has 0 aliphatic carbocycles. The molecule has 0 aromatic heterocycles. The van der Waals surface area contributed by atoms with Crippen LogP contribution in [-0.4, -0.2) is 148 Å². The van der Waals surface area contributed by atoms with E-state index in [0.717, 1.165) is 44.1 Å². The number of phenols is 1. The van der Waals surface area contributed by atoms with Gasteiger partial charge >= 0.3 is 11.9 Å². The number of carboxylic acids is 2. The first kappa shape index (κ1) is 65.1. The van der Waals surface area contributed by atoms with Gasteiger partial charge in [-0.2, -0.15) is 0 Å². The van der Waals surface area contributed by atoms with Gasteiger partial charge in [0.05, 0.1) is 25.4 Å². The molecule has 0 unspecified atom stereocenters. The van der Waals surface area contributed by atoms with Crippen molar-refractivity contribution < 1.29 is 68.1 Å². The molecule has 0 heterocycles. The molecule has 1 aromatic carbocycles. The second kappa shape index (κ2) is 33.8. The van der Waals surface area contributed by atoms with E-state index in [2.05, 4.69) is 47.9 Å². The van der Waals surface area contributed by atoms with E-state index in [1.54, 1.807) is 39.8 Å². The Morgan fingerprint density at radius 2 is 1.00 bits per heavy atom. The summed E-state index contributed by atoms with van der Waals surface area (Å²) in [4.78, 5) is 142. The van der Waals surface area contributed by atoms with Gasteiger partial charge in [0.1, 0.15) is 48.0 Å². The van der Waals surface area contributed by atoms with Crippen LogP contribution in [0.15, 0.2) is 24.3 Å². The summed E-state index contributed by atoms with van der Waals surface area (Å²) < 4.78 is 0. The average molecular weight is 1050 g/mol. The Balaban J connectivity index is 2.97. The van der Waals surface area contributed by atoms with E-state index < -0.39 is 145 Å². The average Bonchev–Trinajstić information content (AvgIpc) is 3.30. The fourth-order valence-corrected chi connectivity index (χ4v) is 7.32. The molecular weight excluding hydrogens is 967 g/mol. The van der Waals surface area contributed by atoms with Crippen LogP contribution in [0.5, 0.6) is 5.75 Å². The third-order valence-electron chi connectivity index (χ3n) is 11.5. The van der Waals surface area contributed by atoms with Crippen molar-refractivity contribution in [2.45, 2.75) is 168 Å². The van der Waals surface area contributed by atoms with Crippen molar-refractivity contribution in [3.63, 3.8) is 0 Å². The van der Waals surface area contributed by atoms with Gasteiger partial charge in [0, 0.05) is 0 Å². The number of nitrogens with one attached hydrogen (secondary N) is 9. The number of aromatic hydroxyl groups is 1. The molecule has 9 amide bonds. The minimum Gasteiger partial charge on any atom is -0.508 e. The molecule has 25 nitrogen and oxygen atoms in total. The summed E-state index contributed by atoms with van der Waals surface area (Å²) in [5, 5.41) is 51.2. The number of phenolic OH excluding ortho intramolecular Hbond substituents is 1. The zero-order chi connectivity index (χ0) is 56.2. The largest absolute Gasteiger partial charge is 0.508 e. The molecule has 0 saturated carbocycles. The minimum absolute atomic E-state index is 0.0255. The van der Waals surface area contributed by atoms with Gasteiger partial charge in [-0.15, -0.1) is 0 Å². The maximum Gasteiger partial charge on any atom is 0.326 e. The van der Waals surface area contributed by atoms with Crippen molar-refractivity contribution in [3.05, 3.63) is 29.8 Å². The second-order valence-electron chi connectivity index (χ2n) is 19.4. The van der Waals surface area contributed by atoms with Crippen molar-refractivity contribution in [1.82, 2.24) is 47.9 Å². The van der Waals surface area contributed by atoms with E-state index in [4.69, 9.17) is 11.5 Å². The van der Waals surface area contributed by atoms with E-state index in [1.165, 1.54) is 39.8 Å². The van der Waals surface area contributed by atoms with Crippen molar-refractivity contribution in [2.24, 2.45) is 29.2 Å². The van der Waals surface area contributed by atoms with Crippen molar-refractivity contribution >= 4 is 65.1 Å². The van der Waals surface area contributed by atoms with E-state index in [-0.39, 0.29) is 24.5 Å². The van der Waals surface area contributed by atoms with Crippen LogP contribution in [0, 0.1) is 17.8 Å². The Bertz CT molecular complexity index is 2050. The van der Waals surface area contributed by atoms with E-state index in [9.17, 15) is 68.1 Å². The van der Waals surface area contributed by atoms with E-state index in [1.807, 2.05) is 0 Å². The Labute approximate surface area is 432 Å². The molecule has 25 heteroatoms. The van der Waals surface area contributed by atoms with Gasteiger partial charge in [0.15, 0.2) is 0 Å². The van der Waals surface area contributed by atoms with Crippen LogP contribution in [0.25, 0.3) is 0 Å². The Morgan fingerprint density at radius 1 is 0.527 bits per heavy atom. The summed E-state index contributed by atoms with van der Waals surface area (Å²) in [5.74, 6) is -12.5. The lowest BCUT2D eigenvalue weighted by molar-refractivity contribution is -0.144. The molecule has 416 valence electrons. The summed E-state index contributed by atoms with van der Waals surface area (Å²) in [6.45, 7) is 13.0. The van der Waals surface area contributed by atoms with Crippen LogP contribution < -0.4 is 59.3 Å². The van der Waals surface area contributed by atoms with Crippen molar-refractivity contribution in [1.29, 1.82) is 0 Å². The lowest BCUT2D eigenvalue weighted by Gasteiger charge is -2.29. The summed E-state index contributed by atoms with van der Waals surface area (Å²) in [7, 11) is 0. The molecule has 1 aromatic rings. The van der Waals surface area contributed by atoms with Gasteiger partial charge < -0.3 is 74.6 Å². The van der Waals surface area contributed by atoms with Crippen LogP contribution in [0.2, 0.25) is 0 Å². The monoisotopic (exact) mass is 1050 g/mol. The van der Waals surface area contributed by atoms with Crippen LogP contribution in [0.3, 0.4) is 0 Å². The predicted molar refractivity (Wildman–Crippen MR) is 271 cm³/mol. The normalized spacial score (nSPS) is 14.4. The Kier molecular flexibility index (Phi) is 29.7. The summed E-state index contributed by atoms with van der Waals surface area (Å²) >= 11 is 0. The molecule has 0 aliphatic rings. The fourth-order valence-electron chi connectivity index (χ4n) is 7.32. The highest BCUT2D eigenvalue weighted by atomic mass is 16.4. The molecule has 0 aliphatic heterocycles. The topological polar surface area (TPSA) is 409 Å². The number of aliphatic carboxylic acids is 2. The molecule has 8 atom stereocenters. The molecule has 0 bridgehead atoms. The Morgan fingerprint density at radius 3 is 1.51 bits per heavy atom. The number of primary amides is 1. The van der Waals surface area contributed by atoms with Crippen LogP contribution in [0.4, 0.5) is 0 Å². The van der Waals surface area contributed by atoms with Crippen molar-refractivity contribution in [2.75, 3.05) is 19.6 Å². The molecule has 0 spiro atoms. The predicted octanol–water partition coefficient (Wildman–Crippen LogP) is -1.47. The standard InChI is InChI=1S/C49H81N11O14/c1-26(2)21-36(49(73)74)58-46(70)35(24-39(64)65)56-45(69)34(23-37(51)62)57-47(71)40(27(3)4)60-48(72)41(28(5)6)59-43(67)30(8)54-38(63)25-53-42(66)29(7)55-44(68)33(22-31-15-17-32(61)18-16-31)52-20-14-12-10-9-11-13-19-50/h15-18,26-30,33-36,40-41,52,61H,9-14,19-25,50H2,1-8H3,(H2,51,62)(H,53,66)(H,54,63)(H,55,68)(H,56,69)(H,57,71)(H,58,70)(H,59,67)(H,60,72)(H,64,65)(H,73,74)/t29-,30-,33-,34-,35-,36-,40-,41-/m0/s1. The zero-order valence-electron chi connectivity index (χ0n) is 43.8. The number of hydrogen-bond donors (Lipinski definition) is 14. The van der Waals surface area contributed by atoms with E-state index >= 15 is 0 Å². The molecular formula is C49H81N11O14. The highest BCUT2D eigenvalue weighted by Crippen LogP contribution is 2.13. The van der Waals surface area contributed by atoms with Gasteiger partial charge in [-0.1, -0.05) is 79.4 Å². The van der Waals surface area contributed by atoms with Crippen LogP contribution in [-0.2, 0) is 59.2 Å².